The molecule has 1 atom stereocenters. The standard InChI is InChI=1S/C25H17F3N4O2/c1-33-18-13-11-16(12-14-18)21-15-22-29-19-9-5-6-10-20(19)31(22)25(24(26,27)28)32(21)30-23(34-25)17-7-3-2-4-8-17/h2-15H,1H3/t25-/m1/s1. The van der Waals surface area contributed by atoms with Gasteiger partial charge in [-0.15, -0.1) is 5.10 Å². The van der Waals surface area contributed by atoms with Gasteiger partial charge in [0.05, 0.1) is 23.8 Å². The molecule has 9 heteroatoms. The zero-order valence-electron chi connectivity index (χ0n) is 17.8. The van der Waals surface area contributed by atoms with E-state index in [1.54, 1.807) is 84.9 Å². The van der Waals surface area contributed by atoms with Crippen molar-refractivity contribution in [1.82, 2.24) is 14.6 Å². The molecule has 0 radical (unpaired) electrons. The molecule has 3 aromatic carbocycles. The van der Waals surface area contributed by atoms with Gasteiger partial charge < -0.3 is 9.47 Å². The highest BCUT2D eigenvalue weighted by atomic mass is 19.4. The Morgan fingerprint density at radius 2 is 1.59 bits per heavy atom. The molecule has 2 aliphatic rings. The molecule has 0 spiro atoms. The van der Waals surface area contributed by atoms with Gasteiger partial charge in [-0.05, 0) is 48.5 Å². The number of nitrogens with zero attached hydrogens (tertiary/aromatic N) is 4. The highest BCUT2D eigenvalue weighted by molar-refractivity contribution is 5.97. The lowest BCUT2D eigenvalue weighted by molar-refractivity contribution is -0.328. The Morgan fingerprint density at radius 1 is 0.882 bits per heavy atom. The van der Waals surface area contributed by atoms with Crippen LogP contribution in [0.15, 0.2) is 84.0 Å². The minimum atomic E-state index is -4.88. The minimum absolute atomic E-state index is 0.116. The van der Waals surface area contributed by atoms with Gasteiger partial charge in [-0.1, -0.05) is 30.3 Å². The highest BCUT2D eigenvalue weighted by Gasteiger charge is 2.70. The molecule has 3 heterocycles. The summed E-state index contributed by atoms with van der Waals surface area (Å²) in [5.41, 5.74) is 1.85. The van der Waals surface area contributed by atoms with Gasteiger partial charge in [0.15, 0.2) is 0 Å². The van der Waals surface area contributed by atoms with Crippen molar-refractivity contribution in [1.29, 1.82) is 0 Å². The third-order valence-corrected chi connectivity index (χ3v) is 5.88. The Hall–Kier alpha value is -4.27. The number of halogens is 3. The van der Waals surface area contributed by atoms with Crippen LogP contribution in [0, 0.1) is 0 Å². The van der Waals surface area contributed by atoms with Gasteiger partial charge in [-0.3, -0.25) is 4.57 Å². The first-order valence-electron chi connectivity index (χ1n) is 10.5. The van der Waals surface area contributed by atoms with Crippen molar-refractivity contribution in [2.24, 2.45) is 5.10 Å². The summed E-state index contributed by atoms with van der Waals surface area (Å²) >= 11 is 0. The summed E-state index contributed by atoms with van der Waals surface area (Å²) in [6.45, 7) is 0. The lowest BCUT2D eigenvalue weighted by Gasteiger charge is -2.41. The summed E-state index contributed by atoms with van der Waals surface area (Å²) in [5.74, 6) is -2.39. The van der Waals surface area contributed by atoms with Gasteiger partial charge in [0.25, 0.3) is 0 Å². The van der Waals surface area contributed by atoms with Gasteiger partial charge >= 0.3 is 12.0 Å². The maximum atomic E-state index is 15.1. The molecule has 0 fully saturated rings. The summed E-state index contributed by atoms with van der Waals surface area (Å²) in [4.78, 5) is 4.48. The zero-order chi connectivity index (χ0) is 23.5. The van der Waals surface area contributed by atoms with Crippen LogP contribution in [-0.4, -0.2) is 33.7 Å². The number of fused-ring (bicyclic) bond motifs is 5. The Kier molecular flexibility index (Phi) is 4.26. The van der Waals surface area contributed by atoms with Gasteiger partial charge in [0.2, 0.25) is 5.90 Å². The third kappa shape index (κ3) is 2.76. The number of rotatable bonds is 3. The molecule has 2 aliphatic heterocycles. The van der Waals surface area contributed by atoms with Crippen molar-refractivity contribution in [2.45, 2.75) is 12.0 Å². The van der Waals surface area contributed by atoms with Crippen LogP contribution in [0.2, 0.25) is 0 Å². The number of alkyl halides is 3. The third-order valence-electron chi connectivity index (χ3n) is 5.88. The average Bonchev–Trinajstić information content (AvgIpc) is 3.44. The number of aromatic nitrogens is 2. The Bertz CT molecular complexity index is 1460. The summed E-state index contributed by atoms with van der Waals surface area (Å²) in [5, 5.41) is 5.27. The van der Waals surface area contributed by atoms with Crippen LogP contribution in [0.3, 0.4) is 0 Å². The number of benzene rings is 3. The molecular formula is C25H17F3N4O2. The van der Waals surface area contributed by atoms with Crippen molar-refractivity contribution in [3.8, 4) is 5.75 Å². The van der Waals surface area contributed by atoms with Gasteiger partial charge in [0.1, 0.15) is 11.6 Å². The van der Waals surface area contributed by atoms with Crippen molar-refractivity contribution in [3.05, 3.63) is 95.8 Å². The summed E-state index contributed by atoms with van der Waals surface area (Å²) in [7, 11) is 1.52. The van der Waals surface area contributed by atoms with E-state index in [4.69, 9.17) is 9.47 Å². The van der Waals surface area contributed by atoms with Crippen LogP contribution in [0.1, 0.15) is 17.0 Å². The average molecular weight is 462 g/mol. The van der Waals surface area contributed by atoms with Gasteiger partial charge in [-0.2, -0.15) is 18.2 Å². The maximum Gasteiger partial charge on any atom is 0.474 e. The predicted molar refractivity (Wildman–Crippen MR) is 121 cm³/mol. The van der Waals surface area contributed by atoms with E-state index in [9.17, 15) is 0 Å². The van der Waals surface area contributed by atoms with E-state index in [-0.39, 0.29) is 22.9 Å². The fourth-order valence-electron chi connectivity index (χ4n) is 4.33. The first-order valence-corrected chi connectivity index (χ1v) is 10.5. The van der Waals surface area contributed by atoms with Crippen molar-refractivity contribution < 1.29 is 22.6 Å². The van der Waals surface area contributed by atoms with E-state index in [0.717, 1.165) is 9.58 Å². The van der Waals surface area contributed by atoms with E-state index in [2.05, 4.69) is 10.1 Å². The molecule has 0 bridgehead atoms. The molecule has 1 aromatic heterocycles. The smallest absolute Gasteiger partial charge is 0.474 e. The SMILES string of the molecule is COc1ccc(C2=Cc3nc4ccccc4n3[C@@]3(C(F)(F)F)OC(c4ccccc4)=NN23)cc1. The molecule has 0 saturated heterocycles. The molecule has 0 amide bonds. The van der Waals surface area contributed by atoms with Crippen molar-refractivity contribution in [3.63, 3.8) is 0 Å². The second kappa shape index (κ2) is 7.11. The summed E-state index contributed by atoms with van der Waals surface area (Å²) in [6, 6.07) is 21.9. The Labute approximate surface area is 192 Å². The number of hydrogen-bond donors (Lipinski definition) is 0. The lowest BCUT2D eigenvalue weighted by Crippen LogP contribution is -2.58. The molecular weight excluding hydrogens is 445 g/mol. The largest absolute Gasteiger partial charge is 0.497 e. The molecule has 6 nitrogen and oxygen atoms in total. The molecule has 4 aromatic rings. The maximum absolute atomic E-state index is 15.1. The number of ether oxygens (including phenoxy) is 2. The number of hydrazone groups is 1. The summed E-state index contributed by atoms with van der Waals surface area (Å²) < 4.78 is 57.5. The van der Waals surface area contributed by atoms with E-state index in [1.807, 2.05) is 0 Å². The number of imidazole rings is 1. The van der Waals surface area contributed by atoms with Gasteiger partial charge in [0, 0.05) is 17.2 Å². The molecule has 0 saturated carbocycles. The van der Waals surface area contributed by atoms with Crippen LogP contribution in [0.5, 0.6) is 5.75 Å². The van der Waals surface area contributed by atoms with Crippen molar-refractivity contribution >= 4 is 28.7 Å². The van der Waals surface area contributed by atoms with Crippen LogP contribution < -0.4 is 4.74 Å². The molecule has 34 heavy (non-hydrogen) atoms. The Morgan fingerprint density at radius 3 is 2.29 bits per heavy atom. The van der Waals surface area contributed by atoms with Crippen LogP contribution >= 0.6 is 0 Å². The molecule has 0 N–H and O–H groups in total. The van der Waals surface area contributed by atoms with Crippen LogP contribution in [0.4, 0.5) is 13.2 Å². The second-order valence-corrected chi connectivity index (χ2v) is 7.84. The number of para-hydroxylation sites is 2. The van der Waals surface area contributed by atoms with E-state index in [0.29, 0.717) is 22.4 Å². The van der Waals surface area contributed by atoms with Crippen LogP contribution in [0.25, 0.3) is 22.8 Å². The summed E-state index contributed by atoms with van der Waals surface area (Å²) in [6.07, 6.45) is -3.29. The lowest BCUT2D eigenvalue weighted by atomic mass is 10.1. The number of hydrogen-bond acceptors (Lipinski definition) is 5. The normalized spacial score (nSPS) is 19.2. The fraction of sp³-hybridized carbons (Fsp3) is 0.120. The molecule has 0 aliphatic carbocycles. The predicted octanol–water partition coefficient (Wildman–Crippen LogP) is 5.42. The first-order chi connectivity index (χ1) is 16.4. The highest BCUT2D eigenvalue weighted by Crippen LogP contribution is 2.53. The molecule has 0 unspecified atom stereocenters. The fourth-order valence-corrected chi connectivity index (χ4v) is 4.33. The van der Waals surface area contributed by atoms with E-state index < -0.39 is 12.0 Å². The molecule has 6 rings (SSSR count). The molecule has 170 valence electrons. The minimum Gasteiger partial charge on any atom is -0.497 e. The van der Waals surface area contributed by atoms with Gasteiger partial charge in [-0.25, -0.2) is 4.98 Å². The Balaban J connectivity index is 1.66. The van der Waals surface area contributed by atoms with E-state index >= 15 is 13.2 Å². The van der Waals surface area contributed by atoms with Crippen molar-refractivity contribution in [2.75, 3.05) is 7.11 Å². The first kappa shape index (κ1) is 20.3. The quantitative estimate of drug-likeness (QED) is 0.408. The number of methoxy groups -OCH3 is 1. The monoisotopic (exact) mass is 462 g/mol. The zero-order valence-corrected chi connectivity index (χ0v) is 17.8. The van der Waals surface area contributed by atoms with Crippen LogP contribution in [-0.2, 0) is 10.6 Å². The topological polar surface area (TPSA) is 51.9 Å². The van der Waals surface area contributed by atoms with E-state index in [1.165, 1.54) is 7.11 Å². The second-order valence-electron chi connectivity index (χ2n) is 7.84.